The van der Waals surface area contributed by atoms with Crippen LogP contribution in [0.4, 0.5) is 0 Å². The molecule has 0 amide bonds. The molecule has 2 aliphatic carbocycles. The van der Waals surface area contributed by atoms with Crippen molar-refractivity contribution in [3.05, 3.63) is 32.7 Å². The summed E-state index contributed by atoms with van der Waals surface area (Å²) < 4.78 is 0. The number of hydrogen-bond donors (Lipinski definition) is 2. The maximum absolute atomic E-state index is 11.8. The molecule has 0 saturated carbocycles. The summed E-state index contributed by atoms with van der Waals surface area (Å²) >= 11 is 0. The lowest BCUT2D eigenvalue weighted by Gasteiger charge is -2.23. The molecule has 4 heteroatoms. The third-order valence-corrected chi connectivity index (χ3v) is 4.03. The molecule has 1 heterocycles. The molecule has 0 radical (unpaired) electrons. The number of hydrogen-bond acceptors (Lipinski definition) is 2. The second-order valence-corrected chi connectivity index (χ2v) is 5.00. The minimum atomic E-state index is -0.714. The summed E-state index contributed by atoms with van der Waals surface area (Å²) in [6.45, 7) is 0. The van der Waals surface area contributed by atoms with E-state index in [-0.39, 0.29) is 11.5 Å². The van der Waals surface area contributed by atoms with E-state index in [2.05, 4.69) is 4.98 Å². The van der Waals surface area contributed by atoms with Crippen molar-refractivity contribution in [2.45, 2.75) is 38.5 Å². The van der Waals surface area contributed by atoms with Crippen LogP contribution in [0.15, 0.2) is 4.79 Å². The van der Waals surface area contributed by atoms with Crippen LogP contribution in [0.5, 0.6) is 0 Å². The van der Waals surface area contributed by atoms with Gasteiger partial charge in [0.25, 0.3) is 5.56 Å². The molecule has 1 unspecified atom stereocenters. The van der Waals surface area contributed by atoms with Gasteiger partial charge in [-0.2, -0.15) is 0 Å². The lowest BCUT2D eigenvalue weighted by atomic mass is 9.83. The van der Waals surface area contributed by atoms with E-state index < -0.39 is 5.97 Å². The number of aromatic amines is 1. The number of nitrogens with one attached hydrogen (secondary N) is 1. The van der Waals surface area contributed by atoms with Crippen LogP contribution in [-0.2, 0) is 30.5 Å². The summed E-state index contributed by atoms with van der Waals surface area (Å²) in [5.74, 6) is -0.994. The predicted molar refractivity (Wildman–Crippen MR) is 62.2 cm³/mol. The molecular formula is C13H15NO3. The molecule has 0 spiro atoms. The summed E-state index contributed by atoms with van der Waals surface area (Å²) in [7, 11) is 0. The highest BCUT2D eigenvalue weighted by Gasteiger charge is 2.29. The highest BCUT2D eigenvalue weighted by Crippen LogP contribution is 2.31. The van der Waals surface area contributed by atoms with Crippen LogP contribution in [0.3, 0.4) is 0 Å². The van der Waals surface area contributed by atoms with E-state index in [0.717, 1.165) is 41.6 Å². The largest absolute Gasteiger partial charge is 0.481 e. The van der Waals surface area contributed by atoms with E-state index in [1.807, 2.05) is 0 Å². The average Bonchev–Trinajstić information content (AvgIpc) is 2.78. The Kier molecular flexibility index (Phi) is 2.31. The Hall–Kier alpha value is -1.58. The zero-order valence-corrected chi connectivity index (χ0v) is 9.58. The highest BCUT2D eigenvalue weighted by atomic mass is 16.4. The number of aryl methyl sites for hydroxylation is 1. The van der Waals surface area contributed by atoms with E-state index in [1.54, 1.807) is 0 Å². The SMILES string of the molecule is O=C(O)C1CCc2[nH]c(=O)c3c(c2C1)CCC3. The van der Waals surface area contributed by atoms with Crippen LogP contribution in [0, 0.1) is 5.92 Å². The monoisotopic (exact) mass is 233 g/mol. The van der Waals surface area contributed by atoms with E-state index in [1.165, 1.54) is 0 Å². The Bertz CT molecular complexity index is 544. The molecule has 3 rings (SSSR count). The van der Waals surface area contributed by atoms with Gasteiger partial charge in [0.05, 0.1) is 5.92 Å². The van der Waals surface area contributed by atoms with Gasteiger partial charge in [0.1, 0.15) is 0 Å². The number of carboxylic acid groups (broad SMARTS) is 1. The van der Waals surface area contributed by atoms with Crippen molar-refractivity contribution in [3.63, 3.8) is 0 Å². The number of carbonyl (C=O) groups is 1. The smallest absolute Gasteiger partial charge is 0.306 e. The van der Waals surface area contributed by atoms with Crippen molar-refractivity contribution in [1.29, 1.82) is 0 Å². The van der Waals surface area contributed by atoms with Crippen LogP contribution in [-0.4, -0.2) is 16.1 Å². The summed E-state index contributed by atoms with van der Waals surface area (Å²) in [6, 6.07) is 0. The lowest BCUT2D eigenvalue weighted by Crippen LogP contribution is -2.27. The average molecular weight is 233 g/mol. The van der Waals surface area contributed by atoms with Gasteiger partial charge in [-0.25, -0.2) is 0 Å². The van der Waals surface area contributed by atoms with Gasteiger partial charge >= 0.3 is 5.97 Å². The molecule has 2 aliphatic rings. The van der Waals surface area contributed by atoms with Crippen LogP contribution < -0.4 is 5.56 Å². The number of pyridine rings is 1. The second-order valence-electron chi connectivity index (χ2n) is 5.00. The Balaban J connectivity index is 2.10. The third-order valence-electron chi connectivity index (χ3n) is 4.03. The van der Waals surface area contributed by atoms with E-state index >= 15 is 0 Å². The molecule has 0 saturated heterocycles. The molecule has 0 aromatic carbocycles. The summed E-state index contributed by atoms with van der Waals surface area (Å²) in [5.41, 5.74) is 4.19. The molecule has 17 heavy (non-hydrogen) atoms. The predicted octanol–water partition coefficient (Wildman–Crippen LogP) is 1.05. The molecule has 1 aromatic rings. The Morgan fingerprint density at radius 3 is 2.71 bits per heavy atom. The van der Waals surface area contributed by atoms with Gasteiger partial charge in [-0.15, -0.1) is 0 Å². The normalized spacial score (nSPS) is 22.0. The standard InChI is InChI=1S/C13H15NO3/c15-12-9-3-1-2-8(9)10-6-7(13(16)17)4-5-11(10)14-12/h7H,1-6H2,(H,14,15)(H,16,17). The van der Waals surface area contributed by atoms with Crippen LogP contribution >= 0.6 is 0 Å². The van der Waals surface area contributed by atoms with Gasteiger partial charge in [-0.3, -0.25) is 9.59 Å². The van der Waals surface area contributed by atoms with Crippen LogP contribution in [0.25, 0.3) is 0 Å². The Morgan fingerprint density at radius 1 is 1.18 bits per heavy atom. The van der Waals surface area contributed by atoms with Gasteiger partial charge in [0.2, 0.25) is 0 Å². The Labute approximate surface area is 98.7 Å². The number of fused-ring (bicyclic) bond motifs is 3. The van der Waals surface area contributed by atoms with Crippen molar-refractivity contribution in [3.8, 4) is 0 Å². The maximum atomic E-state index is 11.8. The fourth-order valence-electron chi connectivity index (χ4n) is 3.13. The quantitative estimate of drug-likeness (QED) is 0.761. The molecule has 90 valence electrons. The zero-order chi connectivity index (χ0) is 12.0. The molecular weight excluding hydrogens is 218 g/mol. The first-order valence-electron chi connectivity index (χ1n) is 6.15. The van der Waals surface area contributed by atoms with Gasteiger partial charge < -0.3 is 10.1 Å². The lowest BCUT2D eigenvalue weighted by molar-refractivity contribution is -0.142. The van der Waals surface area contributed by atoms with E-state index in [4.69, 9.17) is 5.11 Å². The summed E-state index contributed by atoms with van der Waals surface area (Å²) in [6.07, 6.45) is 4.71. The van der Waals surface area contributed by atoms with Crippen molar-refractivity contribution >= 4 is 5.97 Å². The fraction of sp³-hybridized carbons (Fsp3) is 0.538. The van der Waals surface area contributed by atoms with Gasteiger partial charge in [0.15, 0.2) is 0 Å². The third kappa shape index (κ3) is 1.59. The highest BCUT2D eigenvalue weighted by molar-refractivity contribution is 5.71. The molecule has 0 aliphatic heterocycles. The molecule has 2 N–H and O–H groups in total. The number of H-pyrrole nitrogens is 1. The van der Waals surface area contributed by atoms with Gasteiger partial charge in [0, 0.05) is 11.3 Å². The first-order chi connectivity index (χ1) is 8.16. The van der Waals surface area contributed by atoms with Gasteiger partial charge in [-0.1, -0.05) is 0 Å². The number of rotatable bonds is 1. The van der Waals surface area contributed by atoms with Crippen molar-refractivity contribution < 1.29 is 9.90 Å². The zero-order valence-electron chi connectivity index (χ0n) is 9.58. The summed E-state index contributed by atoms with van der Waals surface area (Å²) in [4.78, 5) is 25.8. The van der Waals surface area contributed by atoms with Crippen molar-refractivity contribution in [2.75, 3.05) is 0 Å². The molecule has 4 nitrogen and oxygen atoms in total. The number of aromatic nitrogens is 1. The molecule has 0 fully saturated rings. The summed E-state index contributed by atoms with van der Waals surface area (Å²) in [5, 5.41) is 9.10. The number of aliphatic carboxylic acids is 1. The minimum absolute atomic E-state index is 0.0463. The second kappa shape index (κ2) is 3.72. The topological polar surface area (TPSA) is 70.2 Å². The van der Waals surface area contributed by atoms with Crippen LogP contribution in [0.1, 0.15) is 35.2 Å². The first-order valence-corrected chi connectivity index (χ1v) is 6.15. The first kappa shape index (κ1) is 10.6. The molecule has 1 atom stereocenters. The van der Waals surface area contributed by atoms with Crippen LogP contribution in [0.2, 0.25) is 0 Å². The fourth-order valence-corrected chi connectivity index (χ4v) is 3.13. The van der Waals surface area contributed by atoms with Crippen molar-refractivity contribution in [2.24, 2.45) is 5.92 Å². The van der Waals surface area contributed by atoms with E-state index in [0.29, 0.717) is 19.3 Å². The minimum Gasteiger partial charge on any atom is -0.481 e. The van der Waals surface area contributed by atoms with Gasteiger partial charge in [-0.05, 0) is 49.7 Å². The Morgan fingerprint density at radius 2 is 1.94 bits per heavy atom. The molecule has 1 aromatic heterocycles. The maximum Gasteiger partial charge on any atom is 0.306 e. The molecule has 0 bridgehead atoms. The van der Waals surface area contributed by atoms with E-state index in [9.17, 15) is 9.59 Å². The number of carboxylic acids is 1. The van der Waals surface area contributed by atoms with Crippen molar-refractivity contribution in [1.82, 2.24) is 4.98 Å².